The van der Waals surface area contributed by atoms with E-state index in [0.29, 0.717) is 69.4 Å². The molecule has 29 nitrogen and oxygen atoms in total. The number of urea groups is 1. The Hall–Kier alpha value is -6.42. The zero-order chi connectivity index (χ0) is 86.9. The number of likely N-dealkylation sites (N-methyl/N-ethyl adjacent to an activating group) is 6. The van der Waals surface area contributed by atoms with Gasteiger partial charge in [0.2, 0.25) is 47.8 Å². The number of aliphatic carboxylic acids is 1. The van der Waals surface area contributed by atoms with Crippen LogP contribution in [0.25, 0.3) is 0 Å². The third-order valence-corrected chi connectivity index (χ3v) is 27.2. The minimum absolute atomic E-state index is 0.0262. The number of carboxylic acids is 1. The molecule has 0 aliphatic carbocycles. The van der Waals surface area contributed by atoms with Crippen LogP contribution < -0.4 is 24.8 Å². The van der Waals surface area contributed by atoms with Crippen LogP contribution in [0.1, 0.15) is 106 Å². The Bertz CT molecular complexity index is 4430. The number of carbonyl (C=O) groups is 5. The van der Waals surface area contributed by atoms with E-state index in [1.807, 2.05) is 57.5 Å². The Kier molecular flexibility index (Phi) is 37.8. The largest absolute Gasteiger partial charge is 0.480 e. The van der Waals surface area contributed by atoms with Crippen molar-refractivity contribution in [3.63, 3.8) is 0 Å². The van der Waals surface area contributed by atoms with Crippen LogP contribution in [0.2, 0.25) is 30.1 Å². The maximum absolute atomic E-state index is 14.0. The Morgan fingerprint density at radius 1 is 0.425 bits per heavy atom. The van der Waals surface area contributed by atoms with Gasteiger partial charge in [-0.1, -0.05) is 106 Å². The van der Waals surface area contributed by atoms with Crippen LogP contribution in [0.3, 0.4) is 0 Å². The first kappa shape index (κ1) is 97.4. The number of halogens is 6. The number of hydrogen-bond acceptors (Lipinski definition) is 20. The van der Waals surface area contributed by atoms with Crippen molar-refractivity contribution < 1.29 is 82.8 Å². The fourth-order valence-corrected chi connectivity index (χ4v) is 19.6. The average molecular weight is 1840 g/mol. The number of ether oxygens (including phenoxy) is 6. The predicted octanol–water partition coefficient (Wildman–Crippen LogP) is 9.51. The summed E-state index contributed by atoms with van der Waals surface area (Å²) < 4.78 is 123. The zero-order valence-corrected chi connectivity index (χ0v) is 75.1. The first-order chi connectivity index (χ1) is 57.1. The molecule has 0 bridgehead atoms. The van der Waals surface area contributed by atoms with Crippen molar-refractivity contribution in [3.8, 4) is 0 Å². The normalized spacial score (nSPS) is 16.0. The summed E-state index contributed by atoms with van der Waals surface area (Å²) in [5, 5.41) is 17.8. The van der Waals surface area contributed by atoms with Crippen LogP contribution in [-0.2, 0) is 97.3 Å². The van der Waals surface area contributed by atoms with Crippen molar-refractivity contribution >= 4 is 129 Å². The quantitative estimate of drug-likeness (QED) is 0.0194. The van der Waals surface area contributed by atoms with Crippen molar-refractivity contribution in [1.82, 2.24) is 54.2 Å². The first-order valence-corrected chi connectivity index (χ1v) is 46.1. The number of benzene rings is 6. The van der Waals surface area contributed by atoms with Gasteiger partial charge in [0.1, 0.15) is 6.54 Å². The Morgan fingerprint density at radius 3 is 0.992 bits per heavy atom. The monoisotopic (exact) mass is 1840 g/mol. The molecule has 0 aromatic heterocycles. The molecule has 6 N–H and O–H groups in total. The highest BCUT2D eigenvalue weighted by Crippen LogP contribution is 2.43. The van der Waals surface area contributed by atoms with E-state index in [2.05, 4.69) is 39.5 Å². The lowest BCUT2D eigenvalue weighted by molar-refractivity contribution is -0.136. The number of sulfonamides is 3. The van der Waals surface area contributed by atoms with Crippen molar-refractivity contribution in [2.24, 2.45) is 0 Å². The maximum Gasteiger partial charge on any atom is 0.323 e. The molecule has 0 radical (unpaired) electrons. The zero-order valence-electron chi connectivity index (χ0n) is 68.1. The highest BCUT2D eigenvalue weighted by atomic mass is 35.5. The number of rotatable bonds is 48. The van der Waals surface area contributed by atoms with Gasteiger partial charge in [-0.3, -0.25) is 19.2 Å². The number of nitrogens with zero attached hydrogens (tertiary/aromatic N) is 6. The smallest absolute Gasteiger partial charge is 0.323 e. The van der Waals surface area contributed by atoms with E-state index in [0.717, 1.165) is 50.1 Å². The minimum Gasteiger partial charge on any atom is -0.480 e. The summed E-state index contributed by atoms with van der Waals surface area (Å²) in [4.78, 5) is 78.2. The molecule has 0 saturated carbocycles. The second kappa shape index (κ2) is 46.5. The van der Waals surface area contributed by atoms with E-state index in [-0.39, 0.29) is 207 Å². The van der Waals surface area contributed by atoms with Gasteiger partial charge in [0.15, 0.2) is 0 Å². The van der Waals surface area contributed by atoms with Gasteiger partial charge in [-0.25, -0.2) is 44.2 Å². The second-order valence-corrected chi connectivity index (χ2v) is 38.0. The SMILES string of the molecule is CN1Cc2c(Cl)cc(Cl)cc2[C@H](c2cccc(S(=O)(=O)NCCOCCOCCN(C)C(=O)CCC(CCC(=O)N(C)CCOCCOCCNS(=O)(=O)c3cccc([C@@H]4CN(C)Cc5c(Cl)cc(Cl)cc54)c3)(CCC(=O)N(C)CCOCCOCCNS(=O)(=O)c3cccc([C@@H]4CN(C)Cc5c(Cl)cc(Cl)cc54)c3)NC(=O)NCC(=O)O)c2)C1. The van der Waals surface area contributed by atoms with Crippen LogP contribution in [0.15, 0.2) is 124 Å². The molecule has 3 aliphatic rings. The molecule has 3 atom stereocenters. The first-order valence-electron chi connectivity index (χ1n) is 39.4. The van der Waals surface area contributed by atoms with Crippen LogP contribution in [0, 0.1) is 0 Å². The number of hydrogen-bond donors (Lipinski definition) is 6. The van der Waals surface area contributed by atoms with E-state index < -0.39 is 54.2 Å². The topological polar surface area (TPSA) is 343 Å². The van der Waals surface area contributed by atoms with Crippen LogP contribution >= 0.6 is 69.6 Å². The van der Waals surface area contributed by atoms with Crippen molar-refractivity contribution in [2.45, 2.75) is 96.1 Å². The van der Waals surface area contributed by atoms with Gasteiger partial charge in [-0.05, 0) is 163 Å². The third-order valence-electron chi connectivity index (χ3n) is 21.1. The van der Waals surface area contributed by atoms with Crippen LogP contribution in [0.5, 0.6) is 0 Å². The van der Waals surface area contributed by atoms with E-state index in [1.54, 1.807) is 75.7 Å². The van der Waals surface area contributed by atoms with Gasteiger partial charge >= 0.3 is 12.0 Å². The van der Waals surface area contributed by atoms with Gasteiger partial charge in [0.25, 0.3) is 0 Å². The summed E-state index contributed by atoms with van der Waals surface area (Å²) in [6.07, 6.45) is -0.882. The minimum atomic E-state index is -3.93. The number of fused-ring (bicyclic) bond motifs is 3. The van der Waals surface area contributed by atoms with E-state index >= 15 is 0 Å². The number of nitrogens with one attached hydrogen (secondary N) is 5. The van der Waals surface area contributed by atoms with Crippen molar-refractivity contribution in [1.29, 1.82) is 0 Å². The van der Waals surface area contributed by atoms with Gasteiger partial charge < -0.3 is 73.6 Å². The third kappa shape index (κ3) is 29.1. The summed E-state index contributed by atoms with van der Waals surface area (Å²) in [7, 11) is -1.20. The summed E-state index contributed by atoms with van der Waals surface area (Å²) in [6.45, 7) is 4.30. The van der Waals surface area contributed by atoms with E-state index in [1.165, 1.54) is 32.9 Å². The van der Waals surface area contributed by atoms with Gasteiger partial charge in [-0.15, -0.1) is 0 Å². The Morgan fingerprint density at radius 2 is 0.708 bits per heavy atom. The average Bonchev–Trinajstić information content (AvgIpc) is 0.779. The molecule has 658 valence electrons. The molecule has 3 aliphatic heterocycles. The summed E-state index contributed by atoms with van der Waals surface area (Å²) in [5.41, 5.74) is 6.60. The summed E-state index contributed by atoms with van der Waals surface area (Å²) in [6, 6.07) is 30.1. The molecule has 120 heavy (non-hydrogen) atoms. The molecule has 5 amide bonds. The van der Waals surface area contributed by atoms with Gasteiger partial charge in [-0.2, -0.15) is 0 Å². The second-order valence-electron chi connectivity index (χ2n) is 30.1. The Labute approximate surface area is 733 Å². The van der Waals surface area contributed by atoms with Gasteiger partial charge in [0.05, 0.1) is 94.0 Å². The molecule has 9 rings (SSSR count). The van der Waals surface area contributed by atoms with Crippen molar-refractivity contribution in [3.05, 3.63) is 189 Å². The highest BCUT2D eigenvalue weighted by Gasteiger charge is 2.37. The molecular formula is C82H107Cl6N11O18S3. The summed E-state index contributed by atoms with van der Waals surface area (Å²) in [5.74, 6) is -2.98. The van der Waals surface area contributed by atoms with E-state index in [4.69, 9.17) is 98.0 Å². The maximum atomic E-state index is 14.0. The molecule has 38 heteroatoms. The van der Waals surface area contributed by atoms with Crippen molar-refractivity contribution in [2.75, 3.05) is 187 Å². The van der Waals surface area contributed by atoms with Crippen LogP contribution in [-0.4, -0.2) is 282 Å². The number of carbonyl (C=O) groups excluding carboxylic acids is 4. The standard InChI is InChI=1S/C82H107Cl6N11O18S3/c1-94-50-68(65-43-59(83)46-74(86)71(65)53-94)56-10-7-13-62(40-56)118(106,107)90-22-28-112-34-37-115-31-25-97(4)77(100)16-19-82(93-81(105)89-49-80(103)104,20-17-78(101)98(5)26-32-116-38-35-113-29-23-91-119(108,109)63-14-8-11-57(41-63)69-51-95(2)54-72-66(69)44-60(84)47-75(72)87)21-18-79(102)99(6)27-33-117-39-36-114-30-24-92-120(110,111)64-15-9-12-58(42-64)70-52-96(3)55-73-67(70)45-61(85)48-76(73)88/h7-15,40-48,68-70,90-92H,16-39,49-55H2,1-6H3,(H,103,104)(H2,89,93,105)/t68-,69-,70-/m0/s1. The molecule has 6 aromatic carbocycles. The predicted molar refractivity (Wildman–Crippen MR) is 461 cm³/mol. The Balaban J connectivity index is 0.729. The molecule has 0 spiro atoms. The lowest BCUT2D eigenvalue weighted by Gasteiger charge is -2.36. The van der Waals surface area contributed by atoms with E-state index in [9.17, 15) is 54.3 Å². The molecule has 3 heterocycles. The molecule has 0 saturated heterocycles. The molecule has 0 unspecified atom stereocenters. The summed E-state index contributed by atoms with van der Waals surface area (Å²) >= 11 is 39.0. The molecule has 0 fully saturated rings. The number of carboxylic acid groups (broad SMARTS) is 1. The lowest BCUT2D eigenvalue weighted by Crippen LogP contribution is -2.54. The molecule has 6 aromatic rings. The van der Waals surface area contributed by atoms with Crippen LogP contribution in [0.4, 0.5) is 4.79 Å². The fourth-order valence-electron chi connectivity index (χ4n) is 14.6. The van der Waals surface area contributed by atoms with Gasteiger partial charge in [0, 0.05) is 172 Å². The highest BCUT2D eigenvalue weighted by molar-refractivity contribution is 7.90. The lowest BCUT2D eigenvalue weighted by atomic mass is 9.83. The number of amides is 5. The molecular weight excluding hydrogens is 1740 g/mol. The fraction of sp³-hybridized carbons (Fsp3) is 0.500.